The SMILES string of the molecule is NN.[AlH3].[Ca+2].[H-].[H-]. The smallest absolute Gasteiger partial charge is 1.00 e. The standard InChI is InChI=1S/Al.Ca.H4N2.5H/c;;1-2;;;;;/h;;1-2H2;;;;;/q;+2;;;;;2*-1. The predicted molar refractivity (Wildman–Crippen MR) is 26.3 cm³/mol. The molecule has 2 nitrogen and oxygen atoms in total. The zero-order valence-electron chi connectivity index (χ0n) is 3.86. The van der Waals surface area contributed by atoms with Gasteiger partial charge < -0.3 is 2.85 Å². The Hall–Kier alpha value is 1.71. The van der Waals surface area contributed by atoms with Crippen molar-refractivity contribution in [3.8, 4) is 0 Å². The van der Waals surface area contributed by atoms with Crippen molar-refractivity contribution >= 4 is 55.1 Å². The molecular weight excluding hydrogens is 95.1 g/mol. The van der Waals surface area contributed by atoms with E-state index in [-0.39, 0.29) is 58.0 Å². The molecule has 4 heavy (non-hydrogen) atoms. The molecule has 0 saturated heterocycles. The van der Waals surface area contributed by atoms with Crippen molar-refractivity contribution in [2.45, 2.75) is 0 Å². The molecule has 4 N–H and O–H groups in total. The topological polar surface area (TPSA) is 52.0 Å². The molecule has 0 aliphatic heterocycles. The summed E-state index contributed by atoms with van der Waals surface area (Å²) in [5, 5.41) is 0. The minimum absolute atomic E-state index is 0. The van der Waals surface area contributed by atoms with Crippen LogP contribution < -0.4 is 11.7 Å². The Bertz CT molecular complexity index is 11.5. The van der Waals surface area contributed by atoms with Crippen LogP contribution in [0, 0.1) is 0 Å². The number of hydrogen-bond acceptors (Lipinski definition) is 2. The van der Waals surface area contributed by atoms with Crippen LogP contribution in [0.2, 0.25) is 0 Å². The van der Waals surface area contributed by atoms with E-state index in [0.717, 1.165) is 0 Å². The van der Waals surface area contributed by atoms with Crippen molar-refractivity contribution < 1.29 is 2.85 Å². The second-order valence-electron chi connectivity index (χ2n) is 0. The molecule has 24 valence electrons. The number of hydrazine groups is 1. The van der Waals surface area contributed by atoms with E-state index < -0.39 is 0 Å². The van der Waals surface area contributed by atoms with Crippen LogP contribution in [0.4, 0.5) is 0 Å². The fourth-order valence-corrected chi connectivity index (χ4v) is 0. The zero-order valence-corrected chi connectivity index (χ0v) is 4.07. The molecule has 0 aromatic carbocycles. The molecule has 0 bridgehead atoms. The first kappa shape index (κ1) is 17.2. The monoisotopic (exact) mass is 104 g/mol. The summed E-state index contributed by atoms with van der Waals surface area (Å²) in [4.78, 5) is 0. The van der Waals surface area contributed by atoms with Gasteiger partial charge in [-0.1, -0.05) is 0 Å². The Kier molecular flexibility index (Phi) is 95.5. The molecule has 0 aromatic rings. The Morgan fingerprint density at radius 1 is 1.25 bits per heavy atom. The molecule has 0 aromatic heterocycles. The maximum atomic E-state index is 4.00. The van der Waals surface area contributed by atoms with Gasteiger partial charge in [0.25, 0.3) is 0 Å². The molecule has 0 fully saturated rings. The third kappa shape index (κ3) is 9.31. The van der Waals surface area contributed by atoms with Crippen LogP contribution in [0.3, 0.4) is 0 Å². The molecule has 0 radical (unpaired) electrons. The van der Waals surface area contributed by atoms with E-state index in [1.165, 1.54) is 0 Å². The Morgan fingerprint density at radius 2 is 1.25 bits per heavy atom. The molecule has 0 amide bonds. The van der Waals surface area contributed by atoms with Gasteiger partial charge in [0.05, 0.1) is 0 Å². The minimum atomic E-state index is 0. The maximum absolute atomic E-state index is 4.00. The molecule has 0 rings (SSSR count). The fourth-order valence-electron chi connectivity index (χ4n) is 0. The summed E-state index contributed by atoms with van der Waals surface area (Å²) >= 11 is 0. The van der Waals surface area contributed by atoms with Crippen molar-refractivity contribution in [1.82, 2.24) is 0 Å². The second kappa shape index (κ2) is 22.2. The van der Waals surface area contributed by atoms with Crippen LogP contribution in [-0.4, -0.2) is 55.1 Å². The summed E-state index contributed by atoms with van der Waals surface area (Å²) in [6, 6.07) is 0. The molecule has 0 atom stereocenters. The van der Waals surface area contributed by atoms with E-state index in [1.807, 2.05) is 0 Å². The third-order valence-corrected chi connectivity index (χ3v) is 0. The number of rotatable bonds is 0. The molecule has 0 unspecified atom stereocenters. The van der Waals surface area contributed by atoms with Crippen LogP contribution >= 0.6 is 0 Å². The quantitative estimate of drug-likeness (QED) is 0.202. The van der Waals surface area contributed by atoms with Crippen LogP contribution in [0.25, 0.3) is 0 Å². The van der Waals surface area contributed by atoms with Gasteiger partial charge in [0.15, 0.2) is 17.4 Å². The zero-order chi connectivity index (χ0) is 2.00. The summed E-state index contributed by atoms with van der Waals surface area (Å²) in [6.07, 6.45) is 0. The fraction of sp³-hybridized carbons (Fsp3) is 0. The van der Waals surface area contributed by atoms with Gasteiger partial charge in [-0.25, -0.2) is 0 Å². The Labute approximate surface area is 69.0 Å². The van der Waals surface area contributed by atoms with Gasteiger partial charge in [-0.2, -0.15) is 0 Å². The van der Waals surface area contributed by atoms with Gasteiger partial charge in [-0.05, 0) is 0 Å². The predicted octanol–water partition coefficient (Wildman–Crippen LogP) is -2.52. The van der Waals surface area contributed by atoms with E-state index in [4.69, 9.17) is 0 Å². The molecule has 0 spiro atoms. The van der Waals surface area contributed by atoms with Gasteiger partial charge in [0.1, 0.15) is 0 Å². The van der Waals surface area contributed by atoms with Crippen LogP contribution in [0.15, 0.2) is 0 Å². The van der Waals surface area contributed by atoms with E-state index in [9.17, 15) is 0 Å². The molecule has 0 aliphatic carbocycles. The van der Waals surface area contributed by atoms with Crippen molar-refractivity contribution in [1.29, 1.82) is 0 Å². The van der Waals surface area contributed by atoms with Crippen molar-refractivity contribution in [2.75, 3.05) is 0 Å². The third-order valence-electron chi connectivity index (χ3n) is 0. The van der Waals surface area contributed by atoms with Crippen molar-refractivity contribution in [3.05, 3.63) is 0 Å². The number of hydrogen-bond donors (Lipinski definition) is 2. The maximum Gasteiger partial charge on any atom is 2.00 e. The summed E-state index contributed by atoms with van der Waals surface area (Å²) in [6.45, 7) is 0. The van der Waals surface area contributed by atoms with E-state index in [1.54, 1.807) is 0 Å². The van der Waals surface area contributed by atoms with E-state index >= 15 is 0 Å². The summed E-state index contributed by atoms with van der Waals surface area (Å²) in [5.74, 6) is 8.00. The molecule has 0 saturated carbocycles. The van der Waals surface area contributed by atoms with Crippen LogP contribution in [0.5, 0.6) is 0 Å². The average Bonchev–Trinajstić information content (AvgIpc) is 1.00. The van der Waals surface area contributed by atoms with E-state index in [0.29, 0.717) is 0 Å². The largest absolute Gasteiger partial charge is 2.00 e. The van der Waals surface area contributed by atoms with Gasteiger partial charge >= 0.3 is 37.7 Å². The normalized spacial score (nSPS) is 1.50. The van der Waals surface area contributed by atoms with Gasteiger partial charge in [-0.15, -0.1) is 0 Å². The summed E-state index contributed by atoms with van der Waals surface area (Å²) in [7, 11) is 0. The Morgan fingerprint density at radius 3 is 1.25 bits per heavy atom. The number of nitrogens with two attached hydrogens (primary N) is 2. The van der Waals surface area contributed by atoms with E-state index in [2.05, 4.69) is 11.7 Å². The van der Waals surface area contributed by atoms with Crippen molar-refractivity contribution in [2.24, 2.45) is 11.7 Å². The van der Waals surface area contributed by atoms with Gasteiger partial charge in [0, 0.05) is 0 Å². The molecule has 0 heterocycles. The second-order valence-corrected chi connectivity index (χ2v) is 0. The first-order valence-corrected chi connectivity index (χ1v) is 0.333. The minimum Gasteiger partial charge on any atom is -1.00 e. The van der Waals surface area contributed by atoms with Crippen LogP contribution in [-0.2, 0) is 0 Å². The van der Waals surface area contributed by atoms with Gasteiger partial charge in [0.2, 0.25) is 0 Å². The average molecular weight is 104 g/mol. The van der Waals surface area contributed by atoms with Crippen LogP contribution in [0.1, 0.15) is 2.85 Å². The Balaban J connectivity index is -0.000000000833. The molecular formula is H9AlCaN2. The van der Waals surface area contributed by atoms with Gasteiger partial charge in [-0.3, -0.25) is 11.7 Å². The first-order chi connectivity index (χ1) is 1.00. The summed E-state index contributed by atoms with van der Waals surface area (Å²) in [5.41, 5.74) is 0. The first-order valence-electron chi connectivity index (χ1n) is 0.333. The van der Waals surface area contributed by atoms with Crippen molar-refractivity contribution in [3.63, 3.8) is 0 Å². The molecule has 0 aliphatic rings. The molecule has 4 heteroatoms. The summed E-state index contributed by atoms with van der Waals surface area (Å²) < 4.78 is 0.